The summed E-state index contributed by atoms with van der Waals surface area (Å²) in [7, 11) is 1.42. The molecule has 2 amide bonds. The SMILES string of the molecule is COc1ccc(NC(=O)c2cc(Cl)sc2Cl)cc1NC(=O)c1ccc(Cl)cc1F. The number of rotatable bonds is 5. The van der Waals surface area contributed by atoms with Crippen molar-refractivity contribution in [3.63, 3.8) is 0 Å². The highest BCUT2D eigenvalue weighted by Gasteiger charge is 2.17. The number of hydrogen-bond donors (Lipinski definition) is 2. The standard InChI is InChI=1S/C19H12Cl3FN2O3S/c1-28-15-5-3-10(24-19(27)12-8-16(21)29-17(12)22)7-14(15)25-18(26)11-4-2-9(20)6-13(11)23/h2-8H,1H3,(H,24,27)(H,25,26). The number of anilines is 2. The van der Waals surface area contributed by atoms with E-state index in [-0.39, 0.29) is 26.2 Å². The highest BCUT2D eigenvalue weighted by Crippen LogP contribution is 2.33. The number of benzene rings is 2. The molecule has 0 bridgehead atoms. The summed E-state index contributed by atoms with van der Waals surface area (Å²) in [6.07, 6.45) is 0. The van der Waals surface area contributed by atoms with Gasteiger partial charge in [0.15, 0.2) is 0 Å². The second-order valence-corrected chi connectivity index (χ2v) is 8.41. The predicted octanol–water partition coefficient (Wildman–Crippen LogP) is 6.36. The van der Waals surface area contributed by atoms with Crippen LogP contribution in [0.3, 0.4) is 0 Å². The van der Waals surface area contributed by atoms with Crippen LogP contribution in [0.15, 0.2) is 42.5 Å². The number of amides is 2. The zero-order valence-corrected chi connectivity index (χ0v) is 17.8. The Morgan fingerprint density at radius 3 is 2.31 bits per heavy atom. The summed E-state index contributed by atoms with van der Waals surface area (Å²) in [5.41, 5.74) is 0.636. The summed E-state index contributed by atoms with van der Waals surface area (Å²) >= 11 is 18.7. The summed E-state index contributed by atoms with van der Waals surface area (Å²) in [6, 6.07) is 9.78. The maximum Gasteiger partial charge on any atom is 0.258 e. The predicted molar refractivity (Wildman–Crippen MR) is 115 cm³/mol. The molecule has 10 heteroatoms. The number of nitrogens with one attached hydrogen (secondary N) is 2. The molecule has 150 valence electrons. The zero-order valence-electron chi connectivity index (χ0n) is 14.7. The Hall–Kier alpha value is -2.32. The fourth-order valence-electron chi connectivity index (χ4n) is 2.44. The molecule has 5 nitrogen and oxygen atoms in total. The normalized spacial score (nSPS) is 10.5. The molecule has 2 aromatic carbocycles. The van der Waals surface area contributed by atoms with Gasteiger partial charge in [-0.25, -0.2) is 4.39 Å². The smallest absolute Gasteiger partial charge is 0.258 e. The Labute approximate surface area is 184 Å². The Morgan fingerprint density at radius 2 is 1.69 bits per heavy atom. The van der Waals surface area contributed by atoms with E-state index in [1.54, 1.807) is 12.1 Å². The maximum atomic E-state index is 14.0. The molecular weight excluding hydrogens is 462 g/mol. The van der Waals surface area contributed by atoms with E-state index in [0.29, 0.717) is 15.8 Å². The average Bonchev–Trinajstić information content (AvgIpc) is 3.00. The fourth-order valence-corrected chi connectivity index (χ4v) is 4.06. The number of halogens is 4. The van der Waals surface area contributed by atoms with Crippen molar-refractivity contribution in [3.05, 3.63) is 73.1 Å². The van der Waals surface area contributed by atoms with Gasteiger partial charge in [0.25, 0.3) is 11.8 Å². The third kappa shape index (κ3) is 5.00. The van der Waals surface area contributed by atoms with Gasteiger partial charge in [-0.1, -0.05) is 34.8 Å². The van der Waals surface area contributed by atoms with Crippen LogP contribution in [0.25, 0.3) is 0 Å². The van der Waals surface area contributed by atoms with Gasteiger partial charge in [0.1, 0.15) is 15.9 Å². The first kappa shape index (κ1) is 21.4. The topological polar surface area (TPSA) is 67.4 Å². The van der Waals surface area contributed by atoms with Gasteiger partial charge in [0.2, 0.25) is 0 Å². The monoisotopic (exact) mass is 472 g/mol. The molecule has 0 radical (unpaired) electrons. The number of thiophene rings is 1. The van der Waals surface area contributed by atoms with Gasteiger partial charge < -0.3 is 15.4 Å². The summed E-state index contributed by atoms with van der Waals surface area (Å²) in [5, 5.41) is 5.40. The van der Waals surface area contributed by atoms with Crippen LogP contribution >= 0.6 is 46.1 Å². The number of methoxy groups -OCH3 is 1. The van der Waals surface area contributed by atoms with E-state index in [0.717, 1.165) is 17.4 Å². The third-order valence-corrected chi connectivity index (χ3v) is 5.51. The van der Waals surface area contributed by atoms with Crippen molar-refractivity contribution in [2.24, 2.45) is 0 Å². The Bertz CT molecular complexity index is 1100. The molecule has 0 fully saturated rings. The van der Waals surface area contributed by atoms with Gasteiger partial charge in [-0.05, 0) is 42.5 Å². The first-order valence-electron chi connectivity index (χ1n) is 7.99. The van der Waals surface area contributed by atoms with Crippen molar-refractivity contribution in [3.8, 4) is 5.75 Å². The lowest BCUT2D eigenvalue weighted by Crippen LogP contribution is -2.15. The van der Waals surface area contributed by atoms with E-state index in [2.05, 4.69) is 10.6 Å². The highest BCUT2D eigenvalue weighted by molar-refractivity contribution is 7.20. The van der Waals surface area contributed by atoms with Gasteiger partial charge in [-0.2, -0.15) is 0 Å². The maximum absolute atomic E-state index is 14.0. The van der Waals surface area contributed by atoms with Crippen molar-refractivity contribution >= 4 is 69.3 Å². The number of ether oxygens (including phenoxy) is 1. The van der Waals surface area contributed by atoms with Crippen molar-refractivity contribution in [1.29, 1.82) is 0 Å². The highest BCUT2D eigenvalue weighted by atomic mass is 35.5. The largest absolute Gasteiger partial charge is 0.495 e. The molecule has 0 spiro atoms. The molecule has 1 heterocycles. The molecule has 3 aromatic rings. The van der Waals surface area contributed by atoms with Crippen LogP contribution in [0.2, 0.25) is 13.7 Å². The lowest BCUT2D eigenvalue weighted by Gasteiger charge is -2.13. The van der Waals surface area contributed by atoms with Crippen LogP contribution in [-0.4, -0.2) is 18.9 Å². The third-order valence-electron chi connectivity index (χ3n) is 3.78. The second kappa shape index (κ2) is 9.00. The fraction of sp³-hybridized carbons (Fsp3) is 0.0526. The van der Waals surface area contributed by atoms with Gasteiger partial charge in [0.05, 0.1) is 28.3 Å². The van der Waals surface area contributed by atoms with Crippen LogP contribution in [0.5, 0.6) is 5.75 Å². The van der Waals surface area contributed by atoms with Gasteiger partial charge in [-0.15, -0.1) is 11.3 Å². The molecule has 0 saturated heterocycles. The molecule has 3 rings (SSSR count). The molecule has 0 aliphatic heterocycles. The average molecular weight is 474 g/mol. The van der Waals surface area contributed by atoms with Gasteiger partial charge >= 0.3 is 0 Å². The molecule has 0 aliphatic rings. The summed E-state index contributed by atoms with van der Waals surface area (Å²) in [4.78, 5) is 24.9. The second-order valence-electron chi connectivity index (χ2n) is 5.69. The van der Waals surface area contributed by atoms with Crippen molar-refractivity contribution in [2.45, 2.75) is 0 Å². The lowest BCUT2D eigenvalue weighted by molar-refractivity contribution is 0.101. The van der Waals surface area contributed by atoms with Crippen molar-refractivity contribution < 1.29 is 18.7 Å². The van der Waals surface area contributed by atoms with E-state index >= 15 is 0 Å². The minimum Gasteiger partial charge on any atom is -0.495 e. The van der Waals surface area contributed by atoms with Crippen LogP contribution in [0, 0.1) is 5.82 Å². The van der Waals surface area contributed by atoms with Crippen LogP contribution in [0.4, 0.5) is 15.8 Å². The molecule has 0 unspecified atom stereocenters. The Balaban J connectivity index is 1.84. The van der Waals surface area contributed by atoms with Crippen molar-refractivity contribution in [1.82, 2.24) is 0 Å². The van der Waals surface area contributed by atoms with E-state index in [1.807, 2.05) is 0 Å². The molecule has 29 heavy (non-hydrogen) atoms. The molecule has 1 aromatic heterocycles. The quantitative estimate of drug-likeness (QED) is 0.453. The first-order chi connectivity index (χ1) is 13.8. The summed E-state index contributed by atoms with van der Waals surface area (Å²) < 4.78 is 19.9. The summed E-state index contributed by atoms with van der Waals surface area (Å²) in [6.45, 7) is 0. The van der Waals surface area contributed by atoms with E-state index in [9.17, 15) is 14.0 Å². The molecule has 0 saturated carbocycles. The minimum absolute atomic E-state index is 0.175. The Kier molecular flexibility index (Phi) is 6.64. The number of carbonyl (C=O) groups is 2. The van der Waals surface area contributed by atoms with E-state index in [1.165, 1.54) is 31.4 Å². The minimum atomic E-state index is -0.762. The molecule has 2 N–H and O–H groups in total. The van der Waals surface area contributed by atoms with Gasteiger partial charge in [0, 0.05) is 10.7 Å². The number of hydrogen-bond acceptors (Lipinski definition) is 4. The molecular formula is C19H12Cl3FN2O3S. The molecule has 0 atom stereocenters. The van der Waals surface area contributed by atoms with E-state index in [4.69, 9.17) is 39.5 Å². The van der Waals surface area contributed by atoms with Crippen molar-refractivity contribution in [2.75, 3.05) is 17.7 Å². The lowest BCUT2D eigenvalue weighted by atomic mass is 10.2. The van der Waals surface area contributed by atoms with Crippen LogP contribution in [0.1, 0.15) is 20.7 Å². The van der Waals surface area contributed by atoms with Crippen LogP contribution in [-0.2, 0) is 0 Å². The van der Waals surface area contributed by atoms with Gasteiger partial charge in [-0.3, -0.25) is 9.59 Å². The Morgan fingerprint density at radius 1 is 0.966 bits per heavy atom. The zero-order chi connectivity index (χ0) is 21.1. The number of carbonyl (C=O) groups excluding carboxylic acids is 2. The summed E-state index contributed by atoms with van der Waals surface area (Å²) in [5.74, 6) is -1.61. The van der Waals surface area contributed by atoms with E-state index < -0.39 is 17.6 Å². The molecule has 0 aliphatic carbocycles. The first-order valence-corrected chi connectivity index (χ1v) is 9.94. The van der Waals surface area contributed by atoms with Crippen LogP contribution < -0.4 is 15.4 Å².